The minimum atomic E-state index is -5.35. The van der Waals surface area contributed by atoms with Crippen LogP contribution in [0, 0.1) is 5.92 Å². The zero-order valence-corrected chi connectivity index (χ0v) is 10.8. The Morgan fingerprint density at radius 3 is 2.21 bits per heavy atom. The molecule has 5 nitrogen and oxygen atoms in total. The monoisotopic (exact) mass is 304 g/mol. The molecule has 1 fully saturated rings. The quantitative estimate of drug-likeness (QED) is 0.634. The summed E-state index contributed by atoms with van der Waals surface area (Å²) >= 11 is 0. The van der Waals surface area contributed by atoms with Gasteiger partial charge in [-0.25, -0.2) is 0 Å². The molecular formula is C10H15F3O5S. The zero-order chi connectivity index (χ0) is 14.7. The Balaban J connectivity index is 2.59. The van der Waals surface area contributed by atoms with E-state index in [0.717, 1.165) is 19.3 Å². The summed E-state index contributed by atoms with van der Waals surface area (Å²) in [4.78, 5) is 11.5. The maximum atomic E-state index is 12.4. The minimum absolute atomic E-state index is 0.482. The summed E-state index contributed by atoms with van der Waals surface area (Å²) in [6.45, 7) is -1.41. The molecule has 19 heavy (non-hydrogen) atoms. The van der Waals surface area contributed by atoms with Crippen LogP contribution in [0.15, 0.2) is 0 Å². The van der Waals surface area contributed by atoms with Gasteiger partial charge in [0.2, 0.25) is 5.25 Å². The van der Waals surface area contributed by atoms with E-state index < -0.39 is 40.0 Å². The Morgan fingerprint density at radius 2 is 1.79 bits per heavy atom. The van der Waals surface area contributed by atoms with E-state index in [2.05, 4.69) is 4.74 Å². The van der Waals surface area contributed by atoms with Crippen LogP contribution >= 0.6 is 0 Å². The predicted octanol–water partition coefficient (Wildman–Crippen LogP) is 1.93. The smallest absolute Gasteiger partial charge is 0.411 e. The lowest BCUT2D eigenvalue weighted by atomic mass is 9.89. The number of hydrogen-bond acceptors (Lipinski definition) is 4. The lowest BCUT2D eigenvalue weighted by Gasteiger charge is -2.22. The molecule has 1 aliphatic carbocycles. The van der Waals surface area contributed by atoms with Gasteiger partial charge < -0.3 is 4.74 Å². The second-order valence-corrected chi connectivity index (χ2v) is 6.11. The van der Waals surface area contributed by atoms with Gasteiger partial charge in [-0.3, -0.25) is 9.35 Å². The number of carbonyl (C=O) groups is 1. The van der Waals surface area contributed by atoms with Crippen molar-refractivity contribution in [2.75, 3.05) is 6.61 Å². The van der Waals surface area contributed by atoms with Gasteiger partial charge in [0.15, 0.2) is 0 Å². The van der Waals surface area contributed by atoms with Crippen LogP contribution in [0.5, 0.6) is 0 Å². The number of hydrogen-bond donors (Lipinski definition) is 1. The average molecular weight is 304 g/mol. The van der Waals surface area contributed by atoms with Crippen molar-refractivity contribution in [2.24, 2.45) is 5.92 Å². The Kier molecular flexibility index (Phi) is 5.19. The van der Waals surface area contributed by atoms with E-state index >= 15 is 0 Å². The van der Waals surface area contributed by atoms with Crippen molar-refractivity contribution < 1.29 is 35.7 Å². The van der Waals surface area contributed by atoms with E-state index in [1.807, 2.05) is 0 Å². The Morgan fingerprint density at radius 1 is 1.26 bits per heavy atom. The molecule has 1 unspecified atom stereocenters. The van der Waals surface area contributed by atoms with Gasteiger partial charge >= 0.3 is 12.1 Å². The first-order valence-electron chi connectivity index (χ1n) is 5.82. The van der Waals surface area contributed by atoms with Gasteiger partial charge in [0.25, 0.3) is 10.1 Å². The molecule has 9 heteroatoms. The van der Waals surface area contributed by atoms with E-state index in [-0.39, 0.29) is 0 Å². The molecule has 0 spiro atoms. The molecule has 0 radical (unpaired) electrons. The average Bonchev–Trinajstić information content (AvgIpc) is 2.26. The van der Waals surface area contributed by atoms with Gasteiger partial charge in [-0.05, 0) is 12.8 Å². The van der Waals surface area contributed by atoms with Gasteiger partial charge in [-0.2, -0.15) is 21.6 Å². The summed E-state index contributed by atoms with van der Waals surface area (Å²) in [6, 6.07) is 0. The van der Waals surface area contributed by atoms with Crippen molar-refractivity contribution in [3.63, 3.8) is 0 Å². The number of halogens is 3. The van der Waals surface area contributed by atoms with Crippen LogP contribution < -0.4 is 0 Å². The number of ether oxygens (including phenoxy) is 1. The van der Waals surface area contributed by atoms with E-state index in [9.17, 15) is 26.4 Å². The second kappa shape index (κ2) is 6.08. The predicted molar refractivity (Wildman–Crippen MR) is 58.9 cm³/mol. The first-order chi connectivity index (χ1) is 8.62. The number of rotatable bonds is 4. The molecule has 1 rings (SSSR count). The second-order valence-electron chi connectivity index (χ2n) is 4.51. The van der Waals surface area contributed by atoms with Crippen LogP contribution in [-0.2, 0) is 19.6 Å². The normalized spacial score (nSPS) is 20.0. The number of alkyl halides is 3. The van der Waals surface area contributed by atoms with Gasteiger partial charge in [-0.1, -0.05) is 19.3 Å². The van der Waals surface area contributed by atoms with E-state index in [0.29, 0.717) is 12.8 Å². The highest BCUT2D eigenvalue weighted by atomic mass is 32.2. The van der Waals surface area contributed by atoms with Gasteiger partial charge in [-0.15, -0.1) is 0 Å². The standard InChI is InChI=1S/C10H15F3O5S/c11-10(12,13)8(19(15,16)17)6-18-9(14)7-4-2-1-3-5-7/h7-8H,1-6H2,(H,15,16,17). The van der Waals surface area contributed by atoms with Crippen LogP contribution in [0.25, 0.3) is 0 Å². The first-order valence-corrected chi connectivity index (χ1v) is 7.32. The third-order valence-corrected chi connectivity index (χ3v) is 4.16. The molecule has 0 aromatic rings. The fourth-order valence-electron chi connectivity index (χ4n) is 1.96. The third kappa shape index (κ3) is 4.98. The zero-order valence-electron chi connectivity index (χ0n) is 10.0. The van der Waals surface area contributed by atoms with Crippen molar-refractivity contribution in [2.45, 2.75) is 43.5 Å². The molecule has 1 N–H and O–H groups in total. The molecule has 0 aliphatic heterocycles. The Hall–Kier alpha value is -0.830. The summed E-state index contributed by atoms with van der Waals surface area (Å²) in [7, 11) is -5.35. The molecular weight excluding hydrogens is 289 g/mol. The maximum absolute atomic E-state index is 12.4. The summed E-state index contributed by atoms with van der Waals surface area (Å²) in [5.74, 6) is -1.32. The van der Waals surface area contributed by atoms with Crippen molar-refractivity contribution >= 4 is 16.1 Å². The van der Waals surface area contributed by atoms with Gasteiger partial charge in [0.05, 0.1) is 5.92 Å². The van der Waals surface area contributed by atoms with Gasteiger partial charge in [0.1, 0.15) is 6.61 Å². The summed E-state index contributed by atoms with van der Waals surface area (Å²) < 4.78 is 71.3. The van der Waals surface area contributed by atoms with Crippen LogP contribution in [-0.4, -0.2) is 37.0 Å². The Labute approximate surface area is 108 Å². The molecule has 0 amide bonds. The molecule has 0 aromatic carbocycles. The summed E-state index contributed by atoms with van der Waals surface area (Å²) in [5.41, 5.74) is 0. The highest BCUT2D eigenvalue weighted by Gasteiger charge is 2.49. The first kappa shape index (κ1) is 16.2. The fourth-order valence-corrected chi connectivity index (χ4v) is 2.54. The van der Waals surface area contributed by atoms with Gasteiger partial charge in [0, 0.05) is 0 Å². The SMILES string of the molecule is O=C(OCC(C(F)(F)F)S(=O)(=O)O)C1CCCCC1. The third-order valence-electron chi connectivity index (χ3n) is 3.04. The number of esters is 1. The minimum Gasteiger partial charge on any atom is -0.464 e. The Bertz CT molecular complexity index is 411. The molecule has 0 heterocycles. The molecule has 0 bridgehead atoms. The molecule has 1 saturated carbocycles. The lowest BCUT2D eigenvalue weighted by Crippen LogP contribution is -2.41. The molecule has 0 saturated heterocycles. The molecule has 1 aliphatic rings. The topological polar surface area (TPSA) is 80.7 Å². The van der Waals surface area contributed by atoms with Crippen molar-refractivity contribution in [1.82, 2.24) is 0 Å². The summed E-state index contributed by atoms with van der Waals surface area (Å²) in [5, 5.41) is -3.09. The van der Waals surface area contributed by atoms with Crippen LogP contribution in [0.1, 0.15) is 32.1 Å². The van der Waals surface area contributed by atoms with E-state index in [1.54, 1.807) is 0 Å². The van der Waals surface area contributed by atoms with Crippen LogP contribution in [0.4, 0.5) is 13.2 Å². The highest BCUT2D eigenvalue weighted by Crippen LogP contribution is 2.28. The van der Waals surface area contributed by atoms with Crippen molar-refractivity contribution in [3.05, 3.63) is 0 Å². The number of carbonyl (C=O) groups excluding carboxylic acids is 1. The largest absolute Gasteiger partial charge is 0.464 e. The summed E-state index contributed by atoms with van der Waals surface area (Å²) in [6.07, 6.45) is -1.58. The maximum Gasteiger partial charge on any atom is 0.411 e. The molecule has 112 valence electrons. The van der Waals surface area contributed by atoms with E-state index in [1.165, 1.54) is 0 Å². The van der Waals surface area contributed by atoms with Crippen LogP contribution in [0.3, 0.4) is 0 Å². The van der Waals surface area contributed by atoms with Crippen molar-refractivity contribution in [3.8, 4) is 0 Å². The fraction of sp³-hybridized carbons (Fsp3) is 0.900. The highest BCUT2D eigenvalue weighted by molar-refractivity contribution is 7.86. The van der Waals surface area contributed by atoms with Crippen molar-refractivity contribution in [1.29, 1.82) is 0 Å². The van der Waals surface area contributed by atoms with Crippen LogP contribution in [0.2, 0.25) is 0 Å². The molecule has 0 aromatic heterocycles. The molecule has 1 atom stereocenters. The van der Waals surface area contributed by atoms with E-state index in [4.69, 9.17) is 4.55 Å². The lowest BCUT2D eigenvalue weighted by molar-refractivity contribution is -0.161.